The summed E-state index contributed by atoms with van der Waals surface area (Å²) in [5.74, 6) is 0.692. The quantitative estimate of drug-likeness (QED) is 0.264. The van der Waals surface area contributed by atoms with Gasteiger partial charge in [0, 0.05) is 6.54 Å². The molecule has 1 aromatic carbocycles. The third kappa shape index (κ3) is 8.46. The fourth-order valence-electron chi connectivity index (χ4n) is 2.52. The first-order chi connectivity index (χ1) is 12.9. The van der Waals surface area contributed by atoms with E-state index in [1.54, 1.807) is 11.3 Å². The molecule has 0 aliphatic rings. The first kappa shape index (κ1) is 24.9. The molecule has 156 valence electrons. The van der Waals surface area contributed by atoms with Crippen molar-refractivity contribution in [1.82, 2.24) is 10.6 Å². The van der Waals surface area contributed by atoms with Gasteiger partial charge >= 0.3 is 0 Å². The molecular weight excluding hydrogens is 485 g/mol. The topological polar surface area (TPSA) is 65.9 Å². The number of aliphatic imine (C=N–C) groups is 1. The largest absolute Gasteiger partial charge is 0.384 e. The Balaban J connectivity index is 0.00000392. The highest BCUT2D eigenvalue weighted by atomic mass is 127. The van der Waals surface area contributed by atoms with Gasteiger partial charge in [0.05, 0.1) is 25.8 Å². The van der Waals surface area contributed by atoms with Gasteiger partial charge < -0.3 is 20.5 Å². The number of rotatable bonds is 9. The Bertz CT molecular complexity index is 718. The van der Waals surface area contributed by atoms with Gasteiger partial charge in [-0.15, -0.1) is 24.0 Å². The van der Waals surface area contributed by atoms with Crippen LogP contribution in [-0.4, -0.2) is 30.3 Å². The molecule has 1 heterocycles. The number of nitrogens with zero attached hydrogens (tertiary/aromatic N) is 1. The van der Waals surface area contributed by atoms with E-state index in [-0.39, 0.29) is 30.1 Å². The number of benzene rings is 1. The number of aliphatic hydroxyl groups is 1. The molecule has 3 N–H and O–H groups in total. The highest BCUT2D eigenvalue weighted by Crippen LogP contribution is 2.21. The van der Waals surface area contributed by atoms with E-state index in [1.165, 1.54) is 0 Å². The number of hydrogen-bond acceptors (Lipinski definition) is 4. The van der Waals surface area contributed by atoms with Gasteiger partial charge in [-0.05, 0) is 61.2 Å². The molecule has 7 heteroatoms. The lowest BCUT2D eigenvalue weighted by Crippen LogP contribution is -2.44. The van der Waals surface area contributed by atoms with Crippen molar-refractivity contribution >= 4 is 41.3 Å². The van der Waals surface area contributed by atoms with E-state index in [0.717, 1.165) is 23.2 Å². The summed E-state index contributed by atoms with van der Waals surface area (Å²) in [5.41, 5.74) is 2.25. The SMILES string of the molecule is CCNC(=NCc1cccc(COC(C)C)c1)NCC(C)(O)c1ccsc1.I. The van der Waals surface area contributed by atoms with Crippen LogP contribution in [0.15, 0.2) is 46.1 Å². The van der Waals surface area contributed by atoms with Gasteiger partial charge in [0.2, 0.25) is 0 Å². The average molecular weight is 517 g/mol. The molecule has 0 fully saturated rings. The third-order valence-electron chi connectivity index (χ3n) is 4.08. The summed E-state index contributed by atoms with van der Waals surface area (Å²) >= 11 is 1.58. The number of ether oxygens (including phenoxy) is 1. The van der Waals surface area contributed by atoms with Crippen LogP contribution in [0, 0.1) is 0 Å². The highest BCUT2D eigenvalue weighted by molar-refractivity contribution is 14.0. The minimum absolute atomic E-state index is 0. The zero-order valence-corrected chi connectivity index (χ0v) is 20.2. The van der Waals surface area contributed by atoms with Crippen LogP contribution in [0.4, 0.5) is 0 Å². The van der Waals surface area contributed by atoms with E-state index >= 15 is 0 Å². The van der Waals surface area contributed by atoms with Crippen LogP contribution in [0.3, 0.4) is 0 Å². The molecule has 0 saturated heterocycles. The molecule has 0 bridgehead atoms. The van der Waals surface area contributed by atoms with Crippen LogP contribution in [0.25, 0.3) is 0 Å². The molecule has 0 spiro atoms. The first-order valence-electron chi connectivity index (χ1n) is 9.37. The van der Waals surface area contributed by atoms with Crippen LogP contribution in [0.1, 0.15) is 44.4 Å². The van der Waals surface area contributed by atoms with Crippen molar-refractivity contribution in [2.45, 2.75) is 52.6 Å². The lowest BCUT2D eigenvalue weighted by molar-refractivity contribution is 0.0621. The first-order valence-corrected chi connectivity index (χ1v) is 10.3. The molecule has 2 aromatic rings. The minimum atomic E-state index is -0.940. The molecule has 1 aromatic heterocycles. The van der Waals surface area contributed by atoms with Crippen molar-refractivity contribution in [1.29, 1.82) is 0 Å². The molecule has 0 aliphatic carbocycles. The summed E-state index contributed by atoms with van der Waals surface area (Å²) in [6, 6.07) is 10.2. The summed E-state index contributed by atoms with van der Waals surface area (Å²) in [6.45, 7) is 10.2. The second-order valence-electron chi connectivity index (χ2n) is 7.01. The Labute approximate surface area is 189 Å². The van der Waals surface area contributed by atoms with E-state index in [0.29, 0.717) is 25.7 Å². The van der Waals surface area contributed by atoms with E-state index in [9.17, 15) is 5.11 Å². The number of thiophene rings is 1. The van der Waals surface area contributed by atoms with Crippen molar-refractivity contribution in [3.8, 4) is 0 Å². The average Bonchev–Trinajstić information content (AvgIpc) is 3.18. The van der Waals surface area contributed by atoms with Crippen LogP contribution in [-0.2, 0) is 23.5 Å². The maximum atomic E-state index is 10.7. The number of halogens is 1. The smallest absolute Gasteiger partial charge is 0.191 e. The Morgan fingerprint density at radius 1 is 1.25 bits per heavy atom. The van der Waals surface area contributed by atoms with E-state index in [2.05, 4.69) is 33.8 Å². The fraction of sp³-hybridized carbons (Fsp3) is 0.476. The van der Waals surface area contributed by atoms with Crippen LogP contribution in [0.5, 0.6) is 0 Å². The van der Waals surface area contributed by atoms with Crippen molar-refractivity contribution in [2.24, 2.45) is 4.99 Å². The molecule has 28 heavy (non-hydrogen) atoms. The number of nitrogens with one attached hydrogen (secondary N) is 2. The van der Waals surface area contributed by atoms with Gasteiger partial charge in [-0.1, -0.05) is 24.3 Å². The third-order valence-corrected chi connectivity index (χ3v) is 4.77. The van der Waals surface area contributed by atoms with Gasteiger partial charge in [0.25, 0.3) is 0 Å². The van der Waals surface area contributed by atoms with E-state index in [1.807, 2.05) is 50.6 Å². The molecule has 1 unspecified atom stereocenters. The van der Waals surface area contributed by atoms with Crippen molar-refractivity contribution in [3.05, 3.63) is 57.8 Å². The molecule has 0 amide bonds. The second kappa shape index (κ2) is 12.4. The van der Waals surface area contributed by atoms with Gasteiger partial charge in [0.15, 0.2) is 5.96 Å². The van der Waals surface area contributed by atoms with Crippen molar-refractivity contribution in [3.63, 3.8) is 0 Å². The molecule has 0 aliphatic heterocycles. The fourth-order valence-corrected chi connectivity index (χ4v) is 3.30. The summed E-state index contributed by atoms with van der Waals surface area (Å²) in [4.78, 5) is 4.65. The molecule has 0 saturated carbocycles. The van der Waals surface area contributed by atoms with E-state index in [4.69, 9.17) is 4.74 Å². The van der Waals surface area contributed by atoms with Crippen LogP contribution >= 0.6 is 35.3 Å². The molecule has 2 rings (SSSR count). The van der Waals surface area contributed by atoms with Gasteiger partial charge in [-0.2, -0.15) is 11.3 Å². The Hall–Kier alpha value is -1.16. The highest BCUT2D eigenvalue weighted by Gasteiger charge is 2.23. The van der Waals surface area contributed by atoms with Gasteiger partial charge in [-0.3, -0.25) is 0 Å². The lowest BCUT2D eigenvalue weighted by atomic mass is 9.99. The standard InChI is InChI=1S/C21H31N3O2S.HI/c1-5-22-20(24-15-21(4,25)19-9-10-27-14-19)23-12-17-7-6-8-18(11-17)13-26-16(2)3;/h6-11,14,16,25H,5,12-13,15H2,1-4H3,(H2,22,23,24);1H. The second-order valence-corrected chi connectivity index (χ2v) is 7.79. The zero-order chi connectivity index (χ0) is 19.7. The maximum Gasteiger partial charge on any atom is 0.191 e. The Kier molecular flexibility index (Phi) is 11.0. The Morgan fingerprint density at radius 2 is 2.00 bits per heavy atom. The summed E-state index contributed by atoms with van der Waals surface area (Å²) in [6.07, 6.45) is 0.215. The van der Waals surface area contributed by atoms with Crippen molar-refractivity contribution < 1.29 is 9.84 Å². The number of hydrogen-bond donors (Lipinski definition) is 3. The molecule has 5 nitrogen and oxygen atoms in total. The van der Waals surface area contributed by atoms with Crippen molar-refractivity contribution in [2.75, 3.05) is 13.1 Å². The minimum Gasteiger partial charge on any atom is -0.384 e. The zero-order valence-electron chi connectivity index (χ0n) is 17.1. The molecular formula is C21H32IN3O2S. The molecule has 0 radical (unpaired) electrons. The predicted molar refractivity (Wildman–Crippen MR) is 128 cm³/mol. The lowest BCUT2D eigenvalue weighted by Gasteiger charge is -2.24. The monoisotopic (exact) mass is 517 g/mol. The van der Waals surface area contributed by atoms with Crippen LogP contribution < -0.4 is 10.6 Å². The summed E-state index contributed by atoms with van der Waals surface area (Å²) in [7, 11) is 0. The summed E-state index contributed by atoms with van der Waals surface area (Å²) < 4.78 is 5.67. The maximum absolute atomic E-state index is 10.7. The molecule has 1 atom stereocenters. The van der Waals surface area contributed by atoms with Gasteiger partial charge in [-0.25, -0.2) is 4.99 Å². The summed E-state index contributed by atoms with van der Waals surface area (Å²) in [5, 5.41) is 21.1. The van der Waals surface area contributed by atoms with Gasteiger partial charge in [0.1, 0.15) is 5.60 Å². The van der Waals surface area contributed by atoms with E-state index < -0.39 is 5.60 Å². The predicted octanol–water partition coefficient (Wildman–Crippen LogP) is 4.25. The normalized spacial score (nSPS) is 13.7. The van der Waals surface area contributed by atoms with Crippen LogP contribution in [0.2, 0.25) is 0 Å². The number of guanidine groups is 1. The Morgan fingerprint density at radius 3 is 2.64 bits per heavy atom.